The maximum absolute atomic E-state index is 12.1. The average Bonchev–Trinajstić information content (AvgIpc) is 2.29. The lowest BCUT2D eigenvalue weighted by Crippen LogP contribution is -2.40. The largest absolute Gasteiger partial charge is 0.327 e. The van der Waals surface area contributed by atoms with Crippen LogP contribution < -0.4 is 11.1 Å². The van der Waals surface area contributed by atoms with Crippen LogP contribution in [0.25, 0.3) is 0 Å². The average molecular weight is 232 g/mol. The van der Waals surface area contributed by atoms with E-state index in [4.69, 9.17) is 5.73 Å². The molecule has 1 aliphatic carbocycles. The number of carbonyl (C=O) groups is 1. The molecule has 3 nitrogen and oxygen atoms in total. The van der Waals surface area contributed by atoms with Gasteiger partial charge in [0, 0.05) is 11.7 Å². The van der Waals surface area contributed by atoms with Gasteiger partial charge in [0.15, 0.2) is 0 Å². The summed E-state index contributed by atoms with van der Waals surface area (Å²) in [6.45, 7) is 2.02. The molecule has 0 spiro atoms. The van der Waals surface area contributed by atoms with E-state index in [1.165, 1.54) is 0 Å². The molecule has 1 saturated carbocycles. The van der Waals surface area contributed by atoms with Crippen LogP contribution in [0.5, 0.6) is 0 Å². The van der Waals surface area contributed by atoms with Gasteiger partial charge in [-0.25, -0.2) is 0 Å². The first-order chi connectivity index (χ1) is 8.16. The Bertz CT molecular complexity index is 403. The van der Waals surface area contributed by atoms with Gasteiger partial charge in [-0.1, -0.05) is 25.0 Å². The molecule has 1 amide bonds. The van der Waals surface area contributed by atoms with Crippen molar-refractivity contribution in [3.63, 3.8) is 0 Å². The minimum atomic E-state index is -0.0238. The lowest BCUT2D eigenvalue weighted by Gasteiger charge is -2.27. The van der Waals surface area contributed by atoms with E-state index < -0.39 is 0 Å². The zero-order valence-corrected chi connectivity index (χ0v) is 10.3. The maximum atomic E-state index is 12.1. The lowest BCUT2D eigenvalue weighted by molar-refractivity contribution is -0.121. The van der Waals surface area contributed by atoms with Crippen molar-refractivity contribution >= 4 is 11.6 Å². The van der Waals surface area contributed by atoms with Gasteiger partial charge in [0.1, 0.15) is 0 Å². The Labute approximate surface area is 102 Å². The van der Waals surface area contributed by atoms with Crippen molar-refractivity contribution in [2.24, 2.45) is 11.7 Å². The van der Waals surface area contributed by atoms with Crippen LogP contribution in [0.3, 0.4) is 0 Å². The van der Waals surface area contributed by atoms with Crippen LogP contribution in [0, 0.1) is 12.8 Å². The summed E-state index contributed by atoms with van der Waals surface area (Å²) in [6.07, 6.45) is 4.14. The molecule has 0 radical (unpaired) electrons. The molecule has 3 heteroatoms. The molecule has 1 aromatic rings. The van der Waals surface area contributed by atoms with E-state index in [1.54, 1.807) is 0 Å². The Hall–Kier alpha value is -1.35. The minimum absolute atomic E-state index is 0.0218. The van der Waals surface area contributed by atoms with Crippen LogP contribution in [0.4, 0.5) is 5.69 Å². The first-order valence-electron chi connectivity index (χ1n) is 6.30. The molecule has 1 aromatic carbocycles. The Morgan fingerprint density at radius 3 is 2.82 bits per heavy atom. The van der Waals surface area contributed by atoms with E-state index in [-0.39, 0.29) is 17.9 Å². The van der Waals surface area contributed by atoms with Crippen molar-refractivity contribution in [2.75, 3.05) is 5.32 Å². The Balaban J connectivity index is 2.01. The molecule has 2 unspecified atom stereocenters. The predicted molar refractivity (Wildman–Crippen MR) is 69.7 cm³/mol. The topological polar surface area (TPSA) is 55.1 Å². The summed E-state index contributed by atoms with van der Waals surface area (Å²) >= 11 is 0. The van der Waals surface area contributed by atoms with Gasteiger partial charge in [-0.15, -0.1) is 0 Å². The van der Waals surface area contributed by atoms with Crippen molar-refractivity contribution in [1.29, 1.82) is 0 Å². The van der Waals surface area contributed by atoms with Crippen LogP contribution >= 0.6 is 0 Å². The fourth-order valence-electron chi connectivity index (χ4n) is 2.44. The van der Waals surface area contributed by atoms with Crippen molar-refractivity contribution in [2.45, 2.75) is 38.6 Å². The molecule has 2 atom stereocenters. The van der Waals surface area contributed by atoms with Gasteiger partial charge in [0.05, 0.1) is 5.92 Å². The van der Waals surface area contributed by atoms with Gasteiger partial charge in [-0.05, 0) is 37.5 Å². The van der Waals surface area contributed by atoms with Gasteiger partial charge in [0.2, 0.25) is 5.91 Å². The van der Waals surface area contributed by atoms with E-state index in [1.807, 2.05) is 31.2 Å². The molecule has 17 heavy (non-hydrogen) atoms. The number of hydrogen-bond acceptors (Lipinski definition) is 2. The lowest BCUT2D eigenvalue weighted by atomic mass is 9.84. The van der Waals surface area contributed by atoms with E-state index in [0.29, 0.717) is 0 Å². The third-order valence-electron chi connectivity index (χ3n) is 3.44. The third-order valence-corrected chi connectivity index (χ3v) is 3.44. The van der Waals surface area contributed by atoms with Gasteiger partial charge < -0.3 is 11.1 Å². The molecule has 0 aromatic heterocycles. The number of benzene rings is 1. The second kappa shape index (κ2) is 5.32. The van der Waals surface area contributed by atoms with Gasteiger partial charge in [0.25, 0.3) is 0 Å². The number of hydrogen-bond donors (Lipinski definition) is 2. The molecule has 1 aliphatic rings. The molecule has 92 valence electrons. The Morgan fingerprint density at radius 1 is 1.35 bits per heavy atom. The second-order valence-corrected chi connectivity index (χ2v) is 4.91. The summed E-state index contributed by atoms with van der Waals surface area (Å²) < 4.78 is 0. The summed E-state index contributed by atoms with van der Waals surface area (Å²) in [7, 11) is 0. The molecular formula is C14H20N2O. The number of amides is 1. The minimum Gasteiger partial charge on any atom is -0.327 e. The fourth-order valence-corrected chi connectivity index (χ4v) is 2.44. The summed E-state index contributed by atoms with van der Waals surface area (Å²) in [5.74, 6) is 0.0482. The highest BCUT2D eigenvalue weighted by Crippen LogP contribution is 2.24. The number of rotatable bonds is 2. The quantitative estimate of drug-likeness (QED) is 0.823. The van der Waals surface area contributed by atoms with E-state index in [2.05, 4.69) is 5.32 Å². The molecule has 3 N–H and O–H groups in total. The SMILES string of the molecule is Cc1cccc(NC(=O)C2CCCCC2N)c1. The monoisotopic (exact) mass is 232 g/mol. The molecule has 2 rings (SSSR count). The summed E-state index contributed by atoms with van der Waals surface area (Å²) in [5.41, 5.74) is 8.02. The number of anilines is 1. The number of aryl methyl sites for hydroxylation is 1. The highest BCUT2D eigenvalue weighted by atomic mass is 16.1. The third kappa shape index (κ3) is 3.07. The second-order valence-electron chi connectivity index (χ2n) is 4.91. The van der Waals surface area contributed by atoms with E-state index in [0.717, 1.165) is 36.9 Å². The molecule has 0 bridgehead atoms. The normalized spacial score (nSPS) is 24.4. The summed E-state index contributed by atoms with van der Waals surface area (Å²) in [5, 5.41) is 2.96. The maximum Gasteiger partial charge on any atom is 0.229 e. The van der Waals surface area contributed by atoms with E-state index in [9.17, 15) is 4.79 Å². The van der Waals surface area contributed by atoms with Crippen LogP contribution in [-0.2, 0) is 4.79 Å². The molecule has 0 aliphatic heterocycles. The smallest absolute Gasteiger partial charge is 0.229 e. The van der Waals surface area contributed by atoms with Gasteiger partial charge >= 0.3 is 0 Å². The first-order valence-corrected chi connectivity index (χ1v) is 6.30. The summed E-state index contributed by atoms with van der Waals surface area (Å²) in [4.78, 5) is 12.1. The standard InChI is InChI=1S/C14H20N2O/c1-10-5-4-6-11(9-10)16-14(17)12-7-2-3-8-13(12)15/h4-6,9,12-13H,2-3,7-8,15H2,1H3,(H,16,17). The van der Waals surface area contributed by atoms with Gasteiger partial charge in [-0.3, -0.25) is 4.79 Å². The predicted octanol–water partition coefficient (Wildman–Crippen LogP) is 2.45. The van der Waals surface area contributed by atoms with E-state index >= 15 is 0 Å². The van der Waals surface area contributed by atoms with Crippen LogP contribution in [0.15, 0.2) is 24.3 Å². The number of nitrogens with two attached hydrogens (primary N) is 1. The highest BCUT2D eigenvalue weighted by molar-refractivity contribution is 5.93. The Morgan fingerprint density at radius 2 is 2.12 bits per heavy atom. The van der Waals surface area contributed by atoms with Crippen LogP contribution in [0.1, 0.15) is 31.2 Å². The zero-order valence-electron chi connectivity index (χ0n) is 10.3. The zero-order chi connectivity index (χ0) is 12.3. The Kier molecular flexibility index (Phi) is 3.79. The van der Waals surface area contributed by atoms with Crippen molar-refractivity contribution in [1.82, 2.24) is 0 Å². The first kappa shape index (κ1) is 12.1. The molecular weight excluding hydrogens is 212 g/mol. The molecule has 0 heterocycles. The highest BCUT2D eigenvalue weighted by Gasteiger charge is 2.28. The number of carbonyl (C=O) groups excluding carboxylic acids is 1. The van der Waals surface area contributed by atoms with Crippen molar-refractivity contribution < 1.29 is 4.79 Å². The molecule has 0 saturated heterocycles. The van der Waals surface area contributed by atoms with Crippen LogP contribution in [-0.4, -0.2) is 11.9 Å². The summed E-state index contributed by atoms with van der Waals surface area (Å²) in [6, 6.07) is 7.88. The molecule has 1 fully saturated rings. The van der Waals surface area contributed by atoms with Gasteiger partial charge in [-0.2, -0.15) is 0 Å². The van der Waals surface area contributed by atoms with Crippen molar-refractivity contribution in [3.8, 4) is 0 Å². The number of nitrogens with one attached hydrogen (secondary N) is 1. The fraction of sp³-hybridized carbons (Fsp3) is 0.500. The van der Waals surface area contributed by atoms with Crippen LogP contribution in [0.2, 0.25) is 0 Å². The van der Waals surface area contributed by atoms with Crippen molar-refractivity contribution in [3.05, 3.63) is 29.8 Å².